The minimum Gasteiger partial charge on any atom is -0.490 e. The van der Waals surface area contributed by atoms with Crippen molar-refractivity contribution in [1.29, 1.82) is 0 Å². The molecule has 3 saturated carbocycles. The molecule has 3 fully saturated rings. The fourth-order valence-electron chi connectivity index (χ4n) is 7.14. The number of carboxylic acid groups (broad SMARTS) is 1. The van der Waals surface area contributed by atoms with Gasteiger partial charge in [-0.1, -0.05) is 18.9 Å². The van der Waals surface area contributed by atoms with Crippen LogP contribution in [0.25, 0.3) is 28.2 Å². The van der Waals surface area contributed by atoms with Crippen molar-refractivity contribution < 1.29 is 28.6 Å². The van der Waals surface area contributed by atoms with Crippen LogP contribution in [0, 0.1) is 0 Å². The SMILES string of the molecule is Cn1c(-c2ccoc2)c(C2CCCC2)c2ccc(C(=O)NC3(C(=O)Nc4ccc(/C=C/C(=O)O)c(OC5CCC5)c4)CCC3)cc21. The third-order valence-corrected chi connectivity index (χ3v) is 10.1. The maximum Gasteiger partial charge on any atom is 0.328 e. The molecule has 0 saturated heterocycles. The Morgan fingerprint density at radius 2 is 1.80 bits per heavy atom. The molecule has 2 aromatic heterocycles. The summed E-state index contributed by atoms with van der Waals surface area (Å²) < 4.78 is 13.7. The number of anilines is 1. The van der Waals surface area contributed by atoms with Gasteiger partial charge < -0.3 is 29.5 Å². The van der Waals surface area contributed by atoms with Gasteiger partial charge in [-0.05, 0) is 99.3 Å². The fraction of sp³-hybridized carbons (Fsp3) is 0.378. The number of rotatable bonds is 10. The van der Waals surface area contributed by atoms with Gasteiger partial charge in [0.2, 0.25) is 5.91 Å². The minimum absolute atomic E-state index is 0.0757. The normalized spacial score (nSPS) is 17.9. The summed E-state index contributed by atoms with van der Waals surface area (Å²) in [4.78, 5) is 38.5. The molecule has 3 N–H and O–H groups in total. The predicted octanol–water partition coefficient (Wildman–Crippen LogP) is 7.42. The van der Waals surface area contributed by atoms with E-state index in [4.69, 9.17) is 14.3 Å². The van der Waals surface area contributed by atoms with E-state index < -0.39 is 11.5 Å². The van der Waals surface area contributed by atoms with Crippen molar-refractivity contribution >= 4 is 40.4 Å². The largest absolute Gasteiger partial charge is 0.490 e. The summed E-state index contributed by atoms with van der Waals surface area (Å²) >= 11 is 0. The first kappa shape index (κ1) is 29.9. The zero-order valence-corrected chi connectivity index (χ0v) is 26.0. The smallest absolute Gasteiger partial charge is 0.328 e. The first-order chi connectivity index (χ1) is 22.3. The van der Waals surface area contributed by atoms with Gasteiger partial charge in [-0.2, -0.15) is 0 Å². The molecule has 0 unspecified atom stereocenters. The molecule has 9 heteroatoms. The second kappa shape index (κ2) is 12.2. The van der Waals surface area contributed by atoms with Crippen molar-refractivity contribution in [2.75, 3.05) is 5.32 Å². The molecule has 0 aliphatic heterocycles. The molecule has 0 radical (unpaired) electrons. The van der Waals surface area contributed by atoms with Gasteiger partial charge in [-0.3, -0.25) is 9.59 Å². The molecule has 238 valence electrons. The Balaban J connectivity index is 1.13. The van der Waals surface area contributed by atoms with E-state index in [2.05, 4.69) is 21.3 Å². The van der Waals surface area contributed by atoms with Crippen molar-refractivity contribution in [3.05, 3.63) is 77.8 Å². The standard InChI is InChI=1S/C37H39N3O6/c1-40-30-20-25(11-14-29(30)33(24-6-2-3-7-24)34(40)26-16-19-45-22-26)35(43)39-37(17-5-18-37)36(44)38-27-13-10-23(12-15-32(41)42)31(21-27)46-28-8-4-9-28/h10-16,19-22,24,28H,2-9,17-18H2,1H3,(H,38,44)(H,39,43)(H,41,42)/b15-12+. The number of carbonyl (C=O) groups excluding carboxylic acids is 2. The first-order valence-corrected chi connectivity index (χ1v) is 16.3. The van der Waals surface area contributed by atoms with E-state index in [1.165, 1.54) is 24.5 Å². The minimum atomic E-state index is -1.05. The summed E-state index contributed by atoms with van der Waals surface area (Å²) in [7, 11) is 2.04. The summed E-state index contributed by atoms with van der Waals surface area (Å²) in [5, 5.41) is 16.3. The summed E-state index contributed by atoms with van der Waals surface area (Å²) in [6.45, 7) is 0. The van der Waals surface area contributed by atoms with Gasteiger partial charge in [-0.25, -0.2) is 4.79 Å². The average Bonchev–Trinajstić information content (AvgIpc) is 3.77. The number of ether oxygens (including phenoxy) is 1. The van der Waals surface area contributed by atoms with Crippen molar-refractivity contribution in [3.8, 4) is 17.0 Å². The highest BCUT2D eigenvalue weighted by Crippen LogP contribution is 2.45. The molecule has 0 atom stereocenters. The third-order valence-electron chi connectivity index (χ3n) is 10.1. The van der Waals surface area contributed by atoms with Crippen LogP contribution in [0.2, 0.25) is 0 Å². The Labute approximate surface area is 267 Å². The zero-order valence-electron chi connectivity index (χ0n) is 26.0. The number of carboxylic acids is 1. The Hall–Kier alpha value is -4.79. The average molecular weight is 622 g/mol. The van der Waals surface area contributed by atoms with Gasteiger partial charge in [0.05, 0.1) is 24.3 Å². The molecule has 2 amide bonds. The Bertz CT molecular complexity index is 1820. The summed E-state index contributed by atoms with van der Waals surface area (Å²) in [6.07, 6.45) is 15.7. The number of hydrogen-bond acceptors (Lipinski definition) is 5. The second-order valence-corrected chi connectivity index (χ2v) is 13.0. The summed E-state index contributed by atoms with van der Waals surface area (Å²) in [5.74, 6) is -0.616. The number of nitrogens with zero attached hydrogens (tertiary/aromatic N) is 1. The van der Waals surface area contributed by atoms with Gasteiger partial charge in [-0.15, -0.1) is 0 Å². The fourth-order valence-corrected chi connectivity index (χ4v) is 7.14. The number of aromatic nitrogens is 1. The molecule has 0 spiro atoms. The van der Waals surface area contributed by atoms with Crippen LogP contribution in [0.4, 0.5) is 5.69 Å². The van der Waals surface area contributed by atoms with Gasteiger partial charge >= 0.3 is 5.97 Å². The van der Waals surface area contributed by atoms with Crippen LogP contribution in [-0.4, -0.2) is 39.1 Å². The number of aliphatic carboxylic acids is 1. The number of fused-ring (bicyclic) bond motifs is 1. The lowest BCUT2D eigenvalue weighted by Gasteiger charge is -2.40. The molecule has 2 heterocycles. The van der Waals surface area contributed by atoms with Crippen LogP contribution in [0.3, 0.4) is 0 Å². The van der Waals surface area contributed by atoms with Crippen molar-refractivity contribution in [2.45, 2.75) is 81.8 Å². The molecule has 3 aliphatic rings. The monoisotopic (exact) mass is 621 g/mol. The number of nitrogens with one attached hydrogen (secondary N) is 2. The van der Waals surface area contributed by atoms with Gasteiger partial charge in [0, 0.05) is 52.5 Å². The maximum atomic E-state index is 13.7. The van der Waals surface area contributed by atoms with Crippen LogP contribution in [-0.2, 0) is 16.6 Å². The molecular weight excluding hydrogens is 582 g/mol. The number of aryl methyl sites for hydroxylation is 1. The van der Waals surface area contributed by atoms with Crippen molar-refractivity contribution in [1.82, 2.24) is 9.88 Å². The predicted molar refractivity (Wildman–Crippen MR) is 176 cm³/mol. The topological polar surface area (TPSA) is 123 Å². The lowest BCUT2D eigenvalue weighted by atomic mass is 9.75. The lowest BCUT2D eigenvalue weighted by Crippen LogP contribution is -2.61. The highest BCUT2D eigenvalue weighted by molar-refractivity contribution is 6.06. The van der Waals surface area contributed by atoms with Gasteiger partial charge in [0.25, 0.3) is 5.91 Å². The van der Waals surface area contributed by atoms with Crippen molar-refractivity contribution in [3.63, 3.8) is 0 Å². The van der Waals surface area contributed by atoms with Crippen molar-refractivity contribution in [2.24, 2.45) is 7.05 Å². The number of benzene rings is 2. The molecule has 7 rings (SSSR count). The van der Waals surface area contributed by atoms with E-state index in [1.807, 2.05) is 25.2 Å². The van der Waals surface area contributed by atoms with Crippen LogP contribution >= 0.6 is 0 Å². The first-order valence-electron chi connectivity index (χ1n) is 16.3. The number of amides is 2. The maximum absolute atomic E-state index is 13.7. The highest BCUT2D eigenvalue weighted by Gasteiger charge is 2.45. The van der Waals surface area contributed by atoms with E-state index in [0.29, 0.717) is 41.3 Å². The molecule has 4 aromatic rings. The molecule has 2 aromatic carbocycles. The molecule has 46 heavy (non-hydrogen) atoms. The molecule has 0 bridgehead atoms. The summed E-state index contributed by atoms with van der Waals surface area (Å²) in [6, 6.07) is 13.0. The van der Waals surface area contributed by atoms with Gasteiger partial charge in [0.15, 0.2) is 0 Å². The van der Waals surface area contributed by atoms with E-state index in [9.17, 15) is 14.4 Å². The van der Waals surface area contributed by atoms with Crippen LogP contribution < -0.4 is 15.4 Å². The second-order valence-electron chi connectivity index (χ2n) is 13.0. The quantitative estimate of drug-likeness (QED) is 0.158. The number of carbonyl (C=O) groups is 3. The van der Waals surface area contributed by atoms with Gasteiger partial charge in [0.1, 0.15) is 11.3 Å². The Morgan fingerprint density at radius 1 is 1.00 bits per heavy atom. The highest BCUT2D eigenvalue weighted by atomic mass is 16.5. The third kappa shape index (κ3) is 5.59. The van der Waals surface area contributed by atoms with Crippen LogP contribution in [0.5, 0.6) is 5.75 Å². The molecule has 3 aliphatic carbocycles. The zero-order chi connectivity index (χ0) is 31.8. The van der Waals surface area contributed by atoms with E-state index >= 15 is 0 Å². The number of furan rings is 1. The van der Waals surface area contributed by atoms with E-state index in [0.717, 1.165) is 66.8 Å². The number of hydrogen-bond donors (Lipinski definition) is 3. The molecular formula is C37H39N3O6. The van der Waals surface area contributed by atoms with Crippen LogP contribution in [0.15, 0.2) is 65.5 Å². The van der Waals surface area contributed by atoms with E-state index in [1.54, 1.807) is 30.7 Å². The van der Waals surface area contributed by atoms with Crippen LogP contribution in [0.1, 0.15) is 91.6 Å². The van der Waals surface area contributed by atoms with E-state index in [-0.39, 0.29) is 17.9 Å². The summed E-state index contributed by atoms with van der Waals surface area (Å²) in [5.41, 5.74) is 5.11. The lowest BCUT2D eigenvalue weighted by molar-refractivity contribution is -0.131. The molecule has 9 nitrogen and oxygen atoms in total. The Morgan fingerprint density at radius 3 is 2.46 bits per heavy atom. The Kier molecular flexibility index (Phi) is 7.92.